The van der Waals surface area contributed by atoms with Crippen molar-refractivity contribution in [2.75, 3.05) is 26.2 Å². The molecule has 1 fully saturated rings. The van der Waals surface area contributed by atoms with Gasteiger partial charge in [0, 0.05) is 26.2 Å². The van der Waals surface area contributed by atoms with E-state index in [0.29, 0.717) is 18.1 Å². The van der Waals surface area contributed by atoms with Crippen LogP contribution in [0, 0.1) is 5.41 Å². The molecule has 2 aromatic rings. The predicted octanol–water partition coefficient (Wildman–Crippen LogP) is 3.86. The highest BCUT2D eigenvalue weighted by Gasteiger charge is 2.41. The summed E-state index contributed by atoms with van der Waals surface area (Å²) in [5, 5.41) is 23.4. The number of halogens is 3. The average molecular weight is 652 g/mol. The van der Waals surface area contributed by atoms with Crippen LogP contribution in [0.15, 0.2) is 77.6 Å². The summed E-state index contributed by atoms with van der Waals surface area (Å²) in [5.74, 6) is -2.54. The summed E-state index contributed by atoms with van der Waals surface area (Å²) in [7, 11) is -4.47. The molecule has 4 N–H and O–H groups in total. The number of benzene rings is 2. The second-order valence-electron chi connectivity index (χ2n) is 10.4. The smallest absolute Gasteiger partial charge is 0.416 e. The van der Waals surface area contributed by atoms with E-state index in [1.165, 1.54) is 4.90 Å². The number of guanidine groups is 1. The van der Waals surface area contributed by atoms with E-state index >= 15 is 0 Å². The predicted molar refractivity (Wildman–Crippen MR) is 160 cm³/mol. The Kier molecular flexibility index (Phi) is 11.4. The Labute approximate surface area is 259 Å². The molecule has 2 aromatic carbocycles. The first-order valence-corrected chi connectivity index (χ1v) is 15.4. The third-order valence-electron chi connectivity index (χ3n) is 7.04. The van der Waals surface area contributed by atoms with Crippen LogP contribution < -0.4 is 10.6 Å². The Bertz CT molecular complexity index is 1540. The fraction of sp³-hybridized carbons (Fsp3) is 0.367. The number of hydrogen-bond acceptors (Lipinski definition) is 7. The number of nitrogens with zero attached hydrogens (tertiary/aromatic N) is 2. The Hall–Kier alpha value is -4.37. The van der Waals surface area contributed by atoms with Gasteiger partial charge in [0.1, 0.15) is 11.6 Å². The summed E-state index contributed by atoms with van der Waals surface area (Å²) in [6.45, 7) is 8.36. The maximum atomic E-state index is 13.6. The van der Waals surface area contributed by atoms with Crippen LogP contribution in [0.5, 0.6) is 0 Å². The van der Waals surface area contributed by atoms with Gasteiger partial charge < -0.3 is 20.1 Å². The van der Waals surface area contributed by atoms with Crippen molar-refractivity contribution in [2.45, 2.75) is 50.3 Å². The molecule has 0 radical (unpaired) electrons. The van der Waals surface area contributed by atoms with Gasteiger partial charge >= 0.3 is 6.18 Å². The standard InChI is InChI=1S/C30H36F3N5O6S/c1-5-24(28(41)44-6-2)26(39)36-29(34)37-15-16-38(45(42,43)23-13-11-22(12-14-23)30(31,32)33)25(18-37)27(40)35-17-20-7-9-21(10-8-20)19(3)4/h5,7-14,19,25,41H,1,6,15-18H2,2-4H3,(H,35,40)(H2,34,36,39)/t25-/m1/s1. The van der Waals surface area contributed by atoms with Crippen molar-refractivity contribution in [1.82, 2.24) is 19.8 Å². The third kappa shape index (κ3) is 8.63. The molecule has 1 heterocycles. The van der Waals surface area contributed by atoms with Gasteiger partial charge in [-0.05, 0) is 54.3 Å². The molecule has 3 rings (SSSR count). The molecule has 1 aliphatic heterocycles. The lowest BCUT2D eigenvalue weighted by Gasteiger charge is -2.40. The molecule has 0 aromatic heterocycles. The molecule has 0 bridgehead atoms. The first kappa shape index (κ1) is 35.1. The topological polar surface area (TPSA) is 152 Å². The number of carbonyl (C=O) groups excluding carboxylic acids is 2. The number of amides is 2. The number of carbonyl (C=O) groups is 2. The molecule has 2 amide bonds. The molecule has 0 saturated carbocycles. The molecule has 15 heteroatoms. The van der Waals surface area contributed by atoms with E-state index in [0.717, 1.165) is 33.6 Å². The van der Waals surface area contributed by atoms with Crippen LogP contribution in [0.1, 0.15) is 43.4 Å². The van der Waals surface area contributed by atoms with E-state index in [1.54, 1.807) is 6.92 Å². The molecule has 0 aliphatic carbocycles. The lowest BCUT2D eigenvalue weighted by atomic mass is 10.0. The van der Waals surface area contributed by atoms with E-state index < -0.39 is 56.4 Å². The Morgan fingerprint density at radius 2 is 1.76 bits per heavy atom. The zero-order valence-corrected chi connectivity index (χ0v) is 25.8. The van der Waals surface area contributed by atoms with E-state index in [1.807, 2.05) is 38.1 Å². The van der Waals surface area contributed by atoms with E-state index in [2.05, 4.69) is 17.2 Å². The summed E-state index contributed by atoms with van der Waals surface area (Å²) in [5.41, 5.74) is 0.460. The van der Waals surface area contributed by atoms with Crippen molar-refractivity contribution >= 4 is 27.8 Å². The molecule has 1 saturated heterocycles. The number of rotatable bonds is 10. The van der Waals surface area contributed by atoms with Crippen LogP contribution in [0.4, 0.5) is 13.2 Å². The minimum absolute atomic E-state index is 0.0558. The number of piperazine rings is 1. The van der Waals surface area contributed by atoms with Gasteiger partial charge in [0.25, 0.3) is 11.9 Å². The molecular formula is C30H36F3N5O6S. The van der Waals surface area contributed by atoms with Gasteiger partial charge in [-0.3, -0.25) is 20.3 Å². The van der Waals surface area contributed by atoms with Gasteiger partial charge in [0.15, 0.2) is 5.96 Å². The van der Waals surface area contributed by atoms with Crippen LogP contribution in [-0.2, 0) is 37.1 Å². The Balaban J connectivity index is 1.87. The van der Waals surface area contributed by atoms with Crippen molar-refractivity contribution in [2.24, 2.45) is 0 Å². The Morgan fingerprint density at radius 3 is 2.29 bits per heavy atom. The molecule has 0 spiro atoms. The number of ether oxygens (including phenoxy) is 1. The fourth-order valence-corrected chi connectivity index (χ4v) is 6.07. The maximum absolute atomic E-state index is 13.6. The second kappa shape index (κ2) is 14.6. The number of aliphatic hydroxyl groups excluding tert-OH is 1. The third-order valence-corrected chi connectivity index (χ3v) is 8.97. The minimum atomic E-state index is -4.67. The number of alkyl halides is 3. The van der Waals surface area contributed by atoms with E-state index in [-0.39, 0.29) is 38.4 Å². The summed E-state index contributed by atoms with van der Waals surface area (Å²) in [6, 6.07) is 8.99. The quantitative estimate of drug-likeness (QED) is 0.100. The zero-order chi connectivity index (χ0) is 33.5. The van der Waals surface area contributed by atoms with Gasteiger partial charge in [0.2, 0.25) is 15.9 Å². The zero-order valence-electron chi connectivity index (χ0n) is 25.0. The lowest BCUT2D eigenvalue weighted by molar-refractivity contribution is -0.137. The van der Waals surface area contributed by atoms with Gasteiger partial charge in [-0.2, -0.15) is 17.5 Å². The highest BCUT2D eigenvalue weighted by atomic mass is 32.2. The first-order valence-electron chi connectivity index (χ1n) is 14.0. The van der Waals surface area contributed by atoms with Crippen LogP contribution >= 0.6 is 0 Å². The molecule has 0 unspecified atom stereocenters. The largest absolute Gasteiger partial charge is 0.480 e. The summed E-state index contributed by atoms with van der Waals surface area (Å²) < 4.78 is 72.3. The van der Waals surface area contributed by atoms with Crippen molar-refractivity contribution < 1.29 is 41.0 Å². The van der Waals surface area contributed by atoms with E-state index in [4.69, 9.17) is 10.1 Å². The number of sulfonamides is 1. The summed E-state index contributed by atoms with van der Waals surface area (Å²) in [6.07, 6.45) is -3.64. The highest BCUT2D eigenvalue weighted by Crippen LogP contribution is 2.31. The van der Waals surface area contributed by atoms with Crippen LogP contribution in [0.2, 0.25) is 0 Å². The highest BCUT2D eigenvalue weighted by molar-refractivity contribution is 7.89. The van der Waals surface area contributed by atoms with Crippen LogP contribution in [0.3, 0.4) is 0 Å². The second-order valence-corrected chi connectivity index (χ2v) is 12.3. The van der Waals surface area contributed by atoms with Gasteiger partial charge in [-0.15, -0.1) is 0 Å². The van der Waals surface area contributed by atoms with E-state index in [9.17, 15) is 36.3 Å². The summed E-state index contributed by atoms with van der Waals surface area (Å²) in [4.78, 5) is 27.0. The van der Waals surface area contributed by atoms with Crippen LogP contribution in [-0.4, -0.2) is 72.8 Å². The first-order chi connectivity index (χ1) is 21.1. The van der Waals surface area contributed by atoms with Gasteiger partial charge in [-0.25, -0.2) is 8.42 Å². The molecule has 45 heavy (non-hydrogen) atoms. The average Bonchev–Trinajstić information content (AvgIpc) is 2.99. The number of hydrogen-bond donors (Lipinski definition) is 4. The molecule has 1 atom stereocenters. The van der Waals surface area contributed by atoms with Crippen LogP contribution in [0.25, 0.3) is 0 Å². The SMILES string of the molecule is C=CC(C(=O)NC(=N)N1CCN(S(=O)(=O)c2ccc(C(F)(F)F)cc2)[C@@H](C(=O)NCc2ccc(C(C)C)cc2)C1)=C(O)OCC. The normalized spacial score (nSPS) is 16.5. The molecule has 11 nitrogen and oxygen atoms in total. The monoisotopic (exact) mass is 651 g/mol. The van der Waals surface area contributed by atoms with Crippen molar-refractivity contribution in [1.29, 1.82) is 5.41 Å². The molecule has 1 aliphatic rings. The lowest BCUT2D eigenvalue weighted by Crippen LogP contribution is -2.62. The van der Waals surface area contributed by atoms with Crippen molar-refractivity contribution in [3.8, 4) is 0 Å². The van der Waals surface area contributed by atoms with Crippen molar-refractivity contribution in [3.05, 3.63) is 89.4 Å². The maximum Gasteiger partial charge on any atom is 0.416 e. The molecular weight excluding hydrogens is 615 g/mol. The fourth-order valence-electron chi connectivity index (χ4n) is 4.49. The number of nitrogens with one attached hydrogen (secondary N) is 3. The molecule has 244 valence electrons. The number of aliphatic hydroxyl groups is 1. The Morgan fingerprint density at radius 1 is 1.13 bits per heavy atom. The summed E-state index contributed by atoms with van der Waals surface area (Å²) >= 11 is 0. The van der Waals surface area contributed by atoms with Gasteiger partial charge in [-0.1, -0.05) is 44.7 Å². The van der Waals surface area contributed by atoms with Crippen molar-refractivity contribution in [3.63, 3.8) is 0 Å². The van der Waals surface area contributed by atoms with Gasteiger partial charge in [0.05, 0.1) is 17.1 Å². The minimum Gasteiger partial charge on any atom is -0.480 e.